The lowest BCUT2D eigenvalue weighted by atomic mass is 9.78. The predicted octanol–water partition coefficient (Wildman–Crippen LogP) is 2.77. The van der Waals surface area contributed by atoms with Crippen LogP contribution < -0.4 is 0 Å². The largest absolute Gasteiger partial charge is 0.392 e. The van der Waals surface area contributed by atoms with Gasteiger partial charge in [0.15, 0.2) is 0 Å². The van der Waals surface area contributed by atoms with E-state index < -0.39 is 0 Å². The molecule has 1 saturated carbocycles. The highest BCUT2D eigenvalue weighted by Gasteiger charge is 2.26. The third-order valence-corrected chi connectivity index (χ3v) is 4.59. The van der Waals surface area contributed by atoms with Crippen LogP contribution in [0.2, 0.25) is 0 Å². The van der Waals surface area contributed by atoms with Gasteiger partial charge in [-0.15, -0.1) is 0 Å². The van der Waals surface area contributed by atoms with Crippen LogP contribution in [0.4, 0.5) is 0 Å². The van der Waals surface area contributed by atoms with E-state index in [0.29, 0.717) is 5.92 Å². The fourth-order valence-electron chi connectivity index (χ4n) is 3.32. The van der Waals surface area contributed by atoms with Gasteiger partial charge in [0.05, 0.1) is 11.8 Å². The van der Waals surface area contributed by atoms with Crippen LogP contribution in [-0.2, 0) is 13.5 Å². The lowest BCUT2D eigenvalue weighted by Crippen LogP contribution is -2.28. The monoisotopic (exact) mass is 250 g/mol. The van der Waals surface area contributed by atoms with Gasteiger partial charge in [-0.2, -0.15) is 5.10 Å². The van der Waals surface area contributed by atoms with Gasteiger partial charge in [0.25, 0.3) is 0 Å². The third-order valence-electron chi connectivity index (χ3n) is 4.59. The summed E-state index contributed by atoms with van der Waals surface area (Å²) in [6, 6.07) is 0. The Morgan fingerprint density at radius 1 is 1.39 bits per heavy atom. The van der Waals surface area contributed by atoms with Crippen molar-refractivity contribution in [1.82, 2.24) is 9.78 Å². The van der Waals surface area contributed by atoms with Gasteiger partial charge in [0.1, 0.15) is 0 Å². The quantitative estimate of drug-likeness (QED) is 0.895. The van der Waals surface area contributed by atoms with Gasteiger partial charge in [0.2, 0.25) is 0 Å². The number of hydrogen-bond donors (Lipinski definition) is 1. The van der Waals surface area contributed by atoms with Gasteiger partial charge in [0, 0.05) is 19.2 Å². The Bertz CT molecular complexity index is 411. The lowest BCUT2D eigenvalue weighted by Gasteiger charge is -2.30. The first-order valence-electron chi connectivity index (χ1n) is 7.16. The predicted molar refractivity (Wildman–Crippen MR) is 73.5 cm³/mol. The molecule has 1 fully saturated rings. The average Bonchev–Trinajstić information content (AvgIpc) is 2.56. The lowest BCUT2D eigenvalue weighted by molar-refractivity contribution is 0.0717. The van der Waals surface area contributed by atoms with E-state index in [4.69, 9.17) is 0 Å². The summed E-state index contributed by atoms with van der Waals surface area (Å²) in [5, 5.41) is 14.9. The molecule has 3 atom stereocenters. The van der Waals surface area contributed by atoms with E-state index in [0.717, 1.165) is 18.0 Å². The molecule has 1 aromatic heterocycles. The normalized spacial score (nSPS) is 26.3. The Balaban J connectivity index is 2.04. The summed E-state index contributed by atoms with van der Waals surface area (Å²) < 4.78 is 1.92. The van der Waals surface area contributed by atoms with Crippen molar-refractivity contribution in [3.8, 4) is 0 Å². The summed E-state index contributed by atoms with van der Waals surface area (Å²) in [7, 11) is 1.97. The van der Waals surface area contributed by atoms with E-state index >= 15 is 0 Å². The second-order valence-corrected chi connectivity index (χ2v) is 6.08. The Hall–Kier alpha value is -0.830. The van der Waals surface area contributed by atoms with Crippen LogP contribution in [0.3, 0.4) is 0 Å². The van der Waals surface area contributed by atoms with Gasteiger partial charge >= 0.3 is 0 Å². The highest BCUT2D eigenvalue weighted by atomic mass is 16.3. The number of nitrogens with zero attached hydrogens (tertiary/aromatic N) is 2. The van der Waals surface area contributed by atoms with E-state index in [1.54, 1.807) is 0 Å². The molecule has 0 aromatic carbocycles. The molecule has 1 heterocycles. The summed E-state index contributed by atoms with van der Waals surface area (Å²) in [5.41, 5.74) is 3.50. The molecular formula is C15H26N2O. The molecular weight excluding hydrogens is 224 g/mol. The maximum atomic E-state index is 10.5. The van der Waals surface area contributed by atoms with Crippen molar-refractivity contribution in [3.63, 3.8) is 0 Å². The van der Waals surface area contributed by atoms with Gasteiger partial charge in [-0.05, 0) is 44.1 Å². The second-order valence-electron chi connectivity index (χ2n) is 6.08. The zero-order valence-corrected chi connectivity index (χ0v) is 12.1. The first-order chi connectivity index (χ1) is 8.49. The topological polar surface area (TPSA) is 38.0 Å². The minimum absolute atomic E-state index is 0.200. The highest BCUT2D eigenvalue weighted by Crippen LogP contribution is 2.32. The first-order valence-corrected chi connectivity index (χ1v) is 7.16. The molecule has 0 radical (unpaired) electrons. The molecule has 18 heavy (non-hydrogen) atoms. The average molecular weight is 250 g/mol. The molecule has 2 rings (SSSR count). The van der Waals surface area contributed by atoms with Crippen LogP contribution in [0.25, 0.3) is 0 Å². The number of aryl methyl sites for hydroxylation is 2. The van der Waals surface area contributed by atoms with E-state index in [9.17, 15) is 5.11 Å². The zero-order chi connectivity index (χ0) is 13.3. The van der Waals surface area contributed by atoms with Crippen LogP contribution in [0.1, 0.15) is 49.6 Å². The third kappa shape index (κ3) is 2.77. The van der Waals surface area contributed by atoms with Gasteiger partial charge < -0.3 is 5.11 Å². The summed E-state index contributed by atoms with van der Waals surface area (Å²) in [5.74, 6) is 1.25. The van der Waals surface area contributed by atoms with Crippen LogP contribution in [0.15, 0.2) is 0 Å². The second kappa shape index (κ2) is 5.43. The van der Waals surface area contributed by atoms with E-state index in [1.807, 2.05) is 18.7 Å². The van der Waals surface area contributed by atoms with Gasteiger partial charge in [-0.25, -0.2) is 0 Å². The molecule has 1 N–H and O–H groups in total. The number of hydrogen-bond acceptors (Lipinski definition) is 2. The Morgan fingerprint density at radius 2 is 2.11 bits per heavy atom. The summed E-state index contributed by atoms with van der Waals surface area (Å²) in [4.78, 5) is 0. The maximum absolute atomic E-state index is 10.5. The molecule has 0 amide bonds. The van der Waals surface area contributed by atoms with Gasteiger partial charge in [-0.1, -0.05) is 19.8 Å². The minimum atomic E-state index is -0.200. The van der Waals surface area contributed by atoms with Crippen molar-refractivity contribution >= 4 is 0 Å². The fourth-order valence-corrected chi connectivity index (χ4v) is 3.32. The van der Waals surface area contributed by atoms with E-state index in [-0.39, 0.29) is 6.10 Å². The maximum Gasteiger partial charge on any atom is 0.0629 e. The molecule has 0 bridgehead atoms. The van der Waals surface area contributed by atoms with Crippen molar-refractivity contribution in [2.45, 2.75) is 59.0 Å². The highest BCUT2D eigenvalue weighted by molar-refractivity contribution is 5.25. The number of aliphatic hydroxyl groups is 1. The van der Waals surface area contributed by atoms with Crippen molar-refractivity contribution in [2.75, 3.05) is 0 Å². The SMILES string of the molecule is Cc1nn(C)c(C)c1CC(O)C1CCCC(C)C1. The molecule has 1 aliphatic rings. The fraction of sp³-hybridized carbons (Fsp3) is 0.800. The minimum Gasteiger partial charge on any atom is -0.392 e. The number of rotatable bonds is 3. The molecule has 3 heteroatoms. The van der Waals surface area contributed by atoms with Crippen LogP contribution >= 0.6 is 0 Å². The van der Waals surface area contributed by atoms with Crippen molar-refractivity contribution in [1.29, 1.82) is 0 Å². The first kappa shape index (κ1) is 13.6. The molecule has 3 nitrogen and oxygen atoms in total. The number of aliphatic hydroxyl groups excluding tert-OH is 1. The Kier molecular flexibility index (Phi) is 4.10. The smallest absolute Gasteiger partial charge is 0.0629 e. The summed E-state index contributed by atoms with van der Waals surface area (Å²) >= 11 is 0. The molecule has 102 valence electrons. The molecule has 1 aromatic rings. The standard InChI is InChI=1S/C15H26N2O/c1-10-6-5-7-13(8-10)15(18)9-14-11(2)16-17(4)12(14)3/h10,13,15,18H,5-9H2,1-4H3. The summed E-state index contributed by atoms with van der Waals surface area (Å²) in [6.07, 6.45) is 5.53. The van der Waals surface area contributed by atoms with Crippen molar-refractivity contribution in [3.05, 3.63) is 17.0 Å². The van der Waals surface area contributed by atoms with Crippen LogP contribution in [-0.4, -0.2) is 21.0 Å². The zero-order valence-electron chi connectivity index (χ0n) is 12.1. The van der Waals surface area contributed by atoms with Gasteiger partial charge in [-0.3, -0.25) is 4.68 Å². The molecule has 0 aliphatic heterocycles. The molecule has 0 saturated heterocycles. The van der Waals surface area contributed by atoms with E-state index in [1.165, 1.54) is 36.9 Å². The van der Waals surface area contributed by atoms with Crippen LogP contribution in [0, 0.1) is 25.7 Å². The molecule has 1 aliphatic carbocycles. The Labute approximate surface area is 110 Å². The molecule has 3 unspecified atom stereocenters. The van der Waals surface area contributed by atoms with Crippen molar-refractivity contribution in [2.24, 2.45) is 18.9 Å². The summed E-state index contributed by atoms with van der Waals surface area (Å²) in [6.45, 7) is 6.43. The molecule has 0 spiro atoms. The Morgan fingerprint density at radius 3 is 2.67 bits per heavy atom. The van der Waals surface area contributed by atoms with Crippen molar-refractivity contribution < 1.29 is 5.11 Å². The number of aromatic nitrogens is 2. The van der Waals surface area contributed by atoms with Crippen LogP contribution in [0.5, 0.6) is 0 Å². The van der Waals surface area contributed by atoms with E-state index in [2.05, 4.69) is 18.9 Å².